The Morgan fingerprint density at radius 2 is 0.933 bits per heavy atom. The molecule has 75 heavy (non-hydrogen) atoms. The maximum Gasteiger partial charge on any atom is 0.329 e. The fraction of sp³-hybridized carbons (Fsp3) is 0.188. The topological polar surface area (TPSA) is 120 Å². The fourth-order valence-electron chi connectivity index (χ4n) is 9.07. The summed E-state index contributed by atoms with van der Waals surface area (Å²) in [6, 6.07) is 68.7. The highest BCUT2D eigenvalue weighted by Gasteiger charge is 2.43. The van der Waals surface area contributed by atoms with Gasteiger partial charge in [-0.25, -0.2) is 9.59 Å². The molecular formula is C64H61ClN2O8. The third kappa shape index (κ3) is 14.0. The molecule has 0 bridgehead atoms. The first kappa shape index (κ1) is 52.8. The highest BCUT2D eigenvalue weighted by molar-refractivity contribution is 6.65. The molecular weight excluding hydrogens is 960 g/mol. The smallest absolute Gasteiger partial charge is 0.329 e. The zero-order valence-corrected chi connectivity index (χ0v) is 43.0. The number of anilines is 2. The van der Waals surface area contributed by atoms with Gasteiger partial charge in [0.05, 0.1) is 31.7 Å². The van der Waals surface area contributed by atoms with Crippen molar-refractivity contribution >= 4 is 46.1 Å². The van der Waals surface area contributed by atoms with Gasteiger partial charge in [-0.15, -0.1) is 0 Å². The number of halogens is 1. The van der Waals surface area contributed by atoms with E-state index in [-0.39, 0.29) is 29.1 Å². The Morgan fingerprint density at radius 1 is 0.533 bits per heavy atom. The molecule has 8 aromatic carbocycles. The second-order valence-corrected chi connectivity index (χ2v) is 17.6. The Bertz CT molecular complexity index is 3020. The van der Waals surface area contributed by atoms with Crippen molar-refractivity contribution in [2.75, 3.05) is 24.4 Å². The monoisotopic (exact) mass is 1020 g/mol. The molecule has 0 saturated heterocycles. The van der Waals surface area contributed by atoms with Gasteiger partial charge < -0.3 is 24.3 Å². The minimum Gasteiger partial charge on any atom is -0.489 e. The number of nitrogens with zero attached hydrogens (tertiary/aromatic N) is 1. The van der Waals surface area contributed by atoms with E-state index in [1.807, 2.05) is 218 Å². The van der Waals surface area contributed by atoms with Gasteiger partial charge in [-0.1, -0.05) is 208 Å². The minimum absolute atomic E-state index is 0.179. The molecule has 0 aromatic heterocycles. The van der Waals surface area contributed by atoms with Crippen LogP contribution >= 0.6 is 11.6 Å². The van der Waals surface area contributed by atoms with Crippen molar-refractivity contribution in [2.45, 2.75) is 63.8 Å². The number of amides is 1. The van der Waals surface area contributed by atoms with E-state index >= 15 is 0 Å². The Labute approximate surface area is 446 Å². The Balaban J connectivity index is 0.000000177. The average Bonchev–Trinajstić information content (AvgIpc) is 4.11. The van der Waals surface area contributed by atoms with Crippen LogP contribution in [-0.2, 0) is 54.7 Å². The lowest BCUT2D eigenvalue weighted by Crippen LogP contribution is -2.45. The molecule has 2 unspecified atom stereocenters. The molecule has 2 heterocycles. The average molecular weight is 1020 g/mol. The minimum atomic E-state index is -0.770. The molecule has 8 aromatic rings. The maximum atomic E-state index is 14.3. The lowest BCUT2D eigenvalue weighted by molar-refractivity contribution is -0.143. The van der Waals surface area contributed by atoms with Gasteiger partial charge in [-0.05, 0) is 69.2 Å². The number of ether oxygens (including phenoxy) is 4. The van der Waals surface area contributed by atoms with Crippen LogP contribution in [0.25, 0.3) is 0 Å². The van der Waals surface area contributed by atoms with Gasteiger partial charge in [0.1, 0.15) is 36.8 Å². The quantitative estimate of drug-likeness (QED) is 0.0838. The standard InChI is InChI=1S/C31H27NO4.C17H17NO3.C14H11ClO.C2H6/c1-35-31(34)27-20-25-26(18-11-19-28(25)36-21-22-12-5-2-6-13-22)32(27)30(33)29(23-14-7-3-8-15-23)24-16-9-4-10-17-24;1-20-17(19)15-10-13-14(18-15)8-5-9-16(13)21-11-12-6-3-2-4-7-12;15-14(16)13(11-7-3-1-4-8-11)12-9-5-2-6-10-12;1-2/h2-19,27,29H,20-21H2,1H3;2-9,15,18H,10-11H2,1H3;1-10,13H;1-2H3/i;;;1D. The normalized spacial score (nSPS) is 13.8. The largest absolute Gasteiger partial charge is 0.489 e. The van der Waals surface area contributed by atoms with E-state index in [9.17, 15) is 19.2 Å². The van der Waals surface area contributed by atoms with Crippen LogP contribution in [0.3, 0.4) is 0 Å². The Morgan fingerprint density at radius 3 is 1.36 bits per heavy atom. The summed E-state index contributed by atoms with van der Waals surface area (Å²) in [6.45, 7) is 3.20. The summed E-state index contributed by atoms with van der Waals surface area (Å²) in [4.78, 5) is 52.0. The van der Waals surface area contributed by atoms with Crippen molar-refractivity contribution in [1.82, 2.24) is 0 Å². The van der Waals surface area contributed by atoms with Crippen LogP contribution in [0.1, 0.15) is 71.5 Å². The molecule has 0 saturated carbocycles. The van der Waals surface area contributed by atoms with Crippen molar-refractivity contribution in [1.29, 1.82) is 0 Å². The molecule has 2 aliphatic heterocycles. The summed E-state index contributed by atoms with van der Waals surface area (Å²) < 4.78 is 28.2. The number of fused-ring (bicyclic) bond motifs is 2. The summed E-state index contributed by atoms with van der Waals surface area (Å²) in [5.41, 5.74) is 9.21. The summed E-state index contributed by atoms with van der Waals surface area (Å²) in [7, 11) is 2.76. The lowest BCUT2D eigenvalue weighted by atomic mass is 9.89. The highest BCUT2D eigenvalue weighted by atomic mass is 35.5. The van der Waals surface area contributed by atoms with E-state index in [4.69, 9.17) is 31.9 Å². The molecule has 1 N–H and O–H groups in total. The van der Waals surface area contributed by atoms with Gasteiger partial charge in [-0.3, -0.25) is 14.5 Å². The molecule has 10 rings (SSSR count). The van der Waals surface area contributed by atoms with Gasteiger partial charge >= 0.3 is 11.9 Å². The molecule has 0 spiro atoms. The van der Waals surface area contributed by atoms with Crippen molar-refractivity contribution < 1.29 is 39.5 Å². The van der Waals surface area contributed by atoms with Crippen molar-refractivity contribution in [3.8, 4) is 11.5 Å². The third-order valence-corrected chi connectivity index (χ3v) is 12.8. The first-order valence-corrected chi connectivity index (χ1v) is 25.0. The number of hydrogen-bond donors (Lipinski definition) is 1. The molecule has 1 amide bonds. The van der Waals surface area contributed by atoms with Gasteiger partial charge in [0, 0.05) is 31.0 Å². The third-order valence-electron chi connectivity index (χ3n) is 12.6. The molecule has 2 atom stereocenters. The highest BCUT2D eigenvalue weighted by Crippen LogP contribution is 2.42. The van der Waals surface area contributed by atoms with Crippen LogP contribution in [-0.4, -0.2) is 49.4 Å². The summed E-state index contributed by atoms with van der Waals surface area (Å²) in [5, 5.41) is 2.82. The maximum absolute atomic E-state index is 14.3. The number of rotatable bonds is 14. The number of methoxy groups -OCH3 is 2. The van der Waals surface area contributed by atoms with E-state index in [1.54, 1.807) is 11.8 Å². The summed E-state index contributed by atoms with van der Waals surface area (Å²) in [5.74, 6) is -0.342. The zero-order chi connectivity index (χ0) is 53.7. The molecule has 382 valence electrons. The van der Waals surface area contributed by atoms with Crippen molar-refractivity contribution in [3.05, 3.63) is 263 Å². The van der Waals surface area contributed by atoms with Crippen LogP contribution in [0, 0.1) is 0 Å². The Kier molecular flexibility index (Phi) is 19.4. The van der Waals surface area contributed by atoms with Crippen LogP contribution < -0.4 is 19.7 Å². The number of carbonyl (C=O) groups excluding carboxylic acids is 4. The zero-order valence-electron chi connectivity index (χ0n) is 43.2. The van der Waals surface area contributed by atoms with Gasteiger partial charge in [0.25, 0.3) is 0 Å². The molecule has 0 fully saturated rings. The van der Waals surface area contributed by atoms with Gasteiger partial charge in [-0.2, -0.15) is 0 Å². The molecule has 10 nitrogen and oxygen atoms in total. The molecule has 0 radical (unpaired) electrons. The number of hydrogen-bond acceptors (Lipinski definition) is 9. The second-order valence-electron chi connectivity index (χ2n) is 17.3. The number of esters is 2. The summed E-state index contributed by atoms with van der Waals surface area (Å²) in [6.07, 6.45) is 0.919. The first-order chi connectivity index (χ1) is 37.1. The van der Waals surface area contributed by atoms with E-state index in [2.05, 4.69) is 5.32 Å². The van der Waals surface area contributed by atoms with Crippen LogP contribution in [0.2, 0.25) is 0 Å². The number of nitrogens with one attached hydrogen (secondary N) is 1. The number of benzene rings is 8. The van der Waals surface area contributed by atoms with E-state index in [1.165, 1.54) is 14.2 Å². The molecule has 2 aliphatic rings. The van der Waals surface area contributed by atoms with E-state index in [0.29, 0.717) is 44.4 Å². The van der Waals surface area contributed by atoms with Crippen LogP contribution in [0.4, 0.5) is 11.4 Å². The van der Waals surface area contributed by atoms with E-state index < -0.39 is 17.9 Å². The van der Waals surface area contributed by atoms with Crippen molar-refractivity contribution in [3.63, 3.8) is 0 Å². The van der Waals surface area contributed by atoms with Crippen LogP contribution in [0.5, 0.6) is 11.5 Å². The molecule has 11 heteroatoms. The fourth-order valence-corrected chi connectivity index (χ4v) is 9.32. The number of carbonyl (C=O) groups is 4. The molecule has 0 aliphatic carbocycles. The first-order valence-electron chi connectivity index (χ1n) is 25.4. The second kappa shape index (κ2) is 27.5. The van der Waals surface area contributed by atoms with Crippen LogP contribution in [0.15, 0.2) is 218 Å². The van der Waals surface area contributed by atoms with Gasteiger partial charge in [0.2, 0.25) is 11.1 Å². The lowest BCUT2D eigenvalue weighted by Gasteiger charge is -2.29. The van der Waals surface area contributed by atoms with Gasteiger partial charge in [0.15, 0.2) is 0 Å². The predicted octanol–water partition coefficient (Wildman–Crippen LogP) is 12.9. The summed E-state index contributed by atoms with van der Waals surface area (Å²) >= 11 is 5.67. The Hall–Kier alpha value is -8.47. The predicted molar refractivity (Wildman–Crippen MR) is 296 cm³/mol. The van der Waals surface area contributed by atoms with E-state index in [0.717, 1.165) is 55.9 Å². The SMILES string of the molecule is COC(=O)C1Cc2c(OCc3ccccc3)cccc2N1C(=O)C(c1ccccc1)c1ccccc1.COC(=O)C1Cc2c(cccc2OCc2ccccc2)N1.O=C(Cl)C(c1ccccc1)c1ccccc1.[2H]CC. The van der Waals surface area contributed by atoms with Crippen molar-refractivity contribution in [2.24, 2.45) is 0 Å².